The van der Waals surface area contributed by atoms with Gasteiger partial charge in [-0.05, 0) is 25.1 Å². The van der Waals surface area contributed by atoms with Gasteiger partial charge in [0.05, 0.1) is 5.69 Å². The predicted octanol–water partition coefficient (Wildman–Crippen LogP) is 3.07. The Morgan fingerprint density at radius 3 is 2.88 bits per heavy atom. The number of benzene rings is 1. The lowest BCUT2D eigenvalue weighted by atomic mass is 10.3. The molecule has 0 fully saturated rings. The number of nitrogens with zero attached hydrogens (tertiary/aromatic N) is 2. The quantitative estimate of drug-likeness (QED) is 0.864. The van der Waals surface area contributed by atoms with E-state index < -0.39 is 0 Å². The number of ether oxygens (including phenoxy) is 1. The number of aromatic nitrogens is 2. The molecule has 1 aromatic carbocycles. The molecule has 0 saturated heterocycles. The number of imidazole rings is 1. The Kier molecular flexibility index (Phi) is 3.29. The molecule has 0 aliphatic carbocycles. The van der Waals surface area contributed by atoms with E-state index in [2.05, 4.69) is 20.9 Å². The molecule has 0 amide bonds. The van der Waals surface area contributed by atoms with E-state index in [1.807, 2.05) is 49.0 Å². The van der Waals surface area contributed by atoms with Crippen LogP contribution in [0.4, 0.5) is 0 Å². The Labute approximate surface area is 103 Å². The number of hydrogen-bond donors (Lipinski definition) is 0. The molecule has 1 aromatic heterocycles. The van der Waals surface area contributed by atoms with Crippen molar-refractivity contribution in [3.8, 4) is 5.75 Å². The van der Waals surface area contributed by atoms with E-state index in [1.165, 1.54) is 0 Å². The molecule has 0 aliphatic rings. The molecule has 16 heavy (non-hydrogen) atoms. The summed E-state index contributed by atoms with van der Waals surface area (Å²) in [7, 11) is 1.97. The van der Waals surface area contributed by atoms with Crippen LogP contribution in [0.25, 0.3) is 0 Å². The molecule has 3 nitrogen and oxygen atoms in total. The fourth-order valence-corrected chi connectivity index (χ4v) is 1.88. The van der Waals surface area contributed by atoms with Crippen LogP contribution < -0.4 is 4.74 Å². The Morgan fingerprint density at radius 2 is 2.25 bits per heavy atom. The van der Waals surface area contributed by atoms with Crippen LogP contribution in [0.1, 0.15) is 11.5 Å². The topological polar surface area (TPSA) is 27.1 Å². The molecule has 0 spiro atoms. The summed E-state index contributed by atoms with van der Waals surface area (Å²) in [5.74, 6) is 1.77. The first-order valence-electron chi connectivity index (χ1n) is 5.02. The van der Waals surface area contributed by atoms with Gasteiger partial charge in [0.1, 0.15) is 18.2 Å². The Morgan fingerprint density at radius 1 is 1.44 bits per heavy atom. The fraction of sp³-hybridized carbons (Fsp3) is 0.250. The molecule has 0 aliphatic heterocycles. The molecular formula is C12H13BrN2O. The maximum Gasteiger partial charge on any atom is 0.146 e. The second-order valence-electron chi connectivity index (χ2n) is 3.66. The summed E-state index contributed by atoms with van der Waals surface area (Å²) in [4.78, 5) is 4.37. The molecule has 4 heteroatoms. The fourth-order valence-electron chi connectivity index (χ4n) is 1.50. The maximum atomic E-state index is 5.65. The van der Waals surface area contributed by atoms with Crippen molar-refractivity contribution in [3.63, 3.8) is 0 Å². The van der Waals surface area contributed by atoms with E-state index in [0.29, 0.717) is 6.61 Å². The van der Waals surface area contributed by atoms with E-state index in [4.69, 9.17) is 4.74 Å². The molecule has 2 aromatic rings. The summed E-state index contributed by atoms with van der Waals surface area (Å²) in [6.45, 7) is 2.46. The standard InChI is InChI=1S/C12H13BrN2O/c1-9-7-15(2)12(14-9)8-16-11-5-3-4-10(13)6-11/h3-7H,8H2,1-2H3. The van der Waals surface area contributed by atoms with Crippen LogP contribution in [0.2, 0.25) is 0 Å². The smallest absolute Gasteiger partial charge is 0.146 e. The van der Waals surface area contributed by atoms with Gasteiger partial charge in [-0.3, -0.25) is 0 Å². The van der Waals surface area contributed by atoms with Gasteiger partial charge < -0.3 is 9.30 Å². The van der Waals surface area contributed by atoms with Crippen LogP contribution in [0, 0.1) is 6.92 Å². The summed E-state index contributed by atoms with van der Waals surface area (Å²) < 4.78 is 8.65. The van der Waals surface area contributed by atoms with Crippen molar-refractivity contribution in [3.05, 3.63) is 46.5 Å². The zero-order valence-electron chi connectivity index (χ0n) is 9.27. The molecule has 0 unspecified atom stereocenters. The number of rotatable bonds is 3. The number of aryl methyl sites for hydroxylation is 2. The molecule has 84 valence electrons. The third kappa shape index (κ3) is 2.64. The summed E-state index contributed by atoms with van der Waals surface area (Å²) in [5, 5.41) is 0. The molecular weight excluding hydrogens is 268 g/mol. The minimum Gasteiger partial charge on any atom is -0.486 e. The second kappa shape index (κ2) is 4.70. The third-order valence-electron chi connectivity index (χ3n) is 2.26. The van der Waals surface area contributed by atoms with Crippen LogP contribution in [-0.2, 0) is 13.7 Å². The molecule has 0 radical (unpaired) electrons. The van der Waals surface area contributed by atoms with Crippen LogP contribution in [-0.4, -0.2) is 9.55 Å². The van der Waals surface area contributed by atoms with Crippen LogP contribution in [0.15, 0.2) is 34.9 Å². The largest absolute Gasteiger partial charge is 0.486 e. The average molecular weight is 281 g/mol. The zero-order chi connectivity index (χ0) is 11.5. The molecule has 0 bridgehead atoms. The van der Waals surface area contributed by atoms with E-state index in [-0.39, 0.29) is 0 Å². The van der Waals surface area contributed by atoms with Gasteiger partial charge in [0.15, 0.2) is 0 Å². The SMILES string of the molecule is Cc1cn(C)c(COc2cccc(Br)c2)n1. The van der Waals surface area contributed by atoms with E-state index in [0.717, 1.165) is 21.7 Å². The molecule has 0 atom stereocenters. The molecule has 2 rings (SSSR count). The van der Waals surface area contributed by atoms with Gasteiger partial charge in [0.25, 0.3) is 0 Å². The molecule has 0 saturated carbocycles. The van der Waals surface area contributed by atoms with Gasteiger partial charge >= 0.3 is 0 Å². The van der Waals surface area contributed by atoms with E-state index in [1.54, 1.807) is 0 Å². The Balaban J connectivity index is 2.05. The first-order valence-corrected chi connectivity index (χ1v) is 5.81. The lowest BCUT2D eigenvalue weighted by molar-refractivity contribution is 0.291. The predicted molar refractivity (Wildman–Crippen MR) is 66.4 cm³/mol. The minimum absolute atomic E-state index is 0.487. The summed E-state index contributed by atoms with van der Waals surface area (Å²) >= 11 is 3.41. The number of hydrogen-bond acceptors (Lipinski definition) is 2. The van der Waals surface area contributed by atoms with Crippen molar-refractivity contribution in [1.29, 1.82) is 0 Å². The lowest BCUT2D eigenvalue weighted by Crippen LogP contribution is -2.02. The van der Waals surface area contributed by atoms with Crippen molar-refractivity contribution >= 4 is 15.9 Å². The zero-order valence-corrected chi connectivity index (χ0v) is 10.9. The van der Waals surface area contributed by atoms with Crippen molar-refractivity contribution in [1.82, 2.24) is 9.55 Å². The van der Waals surface area contributed by atoms with Gasteiger partial charge in [-0.1, -0.05) is 22.0 Å². The van der Waals surface area contributed by atoms with E-state index in [9.17, 15) is 0 Å². The van der Waals surface area contributed by atoms with Gasteiger partial charge in [-0.25, -0.2) is 4.98 Å². The first-order chi connectivity index (χ1) is 7.65. The highest BCUT2D eigenvalue weighted by molar-refractivity contribution is 9.10. The van der Waals surface area contributed by atoms with E-state index >= 15 is 0 Å². The average Bonchev–Trinajstić information content (AvgIpc) is 2.54. The highest BCUT2D eigenvalue weighted by Gasteiger charge is 2.03. The first kappa shape index (κ1) is 11.2. The van der Waals surface area contributed by atoms with Crippen LogP contribution in [0.5, 0.6) is 5.75 Å². The van der Waals surface area contributed by atoms with Crippen LogP contribution in [0.3, 0.4) is 0 Å². The minimum atomic E-state index is 0.487. The van der Waals surface area contributed by atoms with Crippen molar-refractivity contribution in [2.75, 3.05) is 0 Å². The molecule has 0 N–H and O–H groups in total. The van der Waals surface area contributed by atoms with Gasteiger partial charge in [0.2, 0.25) is 0 Å². The summed E-state index contributed by atoms with van der Waals surface area (Å²) in [6.07, 6.45) is 1.99. The lowest BCUT2D eigenvalue weighted by Gasteiger charge is -2.06. The van der Waals surface area contributed by atoms with Crippen molar-refractivity contribution < 1.29 is 4.74 Å². The monoisotopic (exact) mass is 280 g/mol. The highest BCUT2D eigenvalue weighted by Crippen LogP contribution is 2.18. The second-order valence-corrected chi connectivity index (χ2v) is 4.57. The molecule has 1 heterocycles. The number of halogens is 1. The third-order valence-corrected chi connectivity index (χ3v) is 2.75. The normalized spacial score (nSPS) is 10.4. The Bertz CT molecular complexity index is 494. The summed E-state index contributed by atoms with van der Waals surface area (Å²) in [6, 6.07) is 7.79. The van der Waals surface area contributed by atoms with Crippen LogP contribution >= 0.6 is 15.9 Å². The van der Waals surface area contributed by atoms with Crippen molar-refractivity contribution in [2.45, 2.75) is 13.5 Å². The van der Waals surface area contributed by atoms with Gasteiger partial charge in [-0.15, -0.1) is 0 Å². The summed E-state index contributed by atoms with van der Waals surface area (Å²) in [5.41, 5.74) is 1.01. The maximum absolute atomic E-state index is 5.65. The Hall–Kier alpha value is -1.29. The highest BCUT2D eigenvalue weighted by atomic mass is 79.9. The van der Waals surface area contributed by atoms with Crippen molar-refractivity contribution in [2.24, 2.45) is 7.05 Å². The van der Waals surface area contributed by atoms with Gasteiger partial charge in [-0.2, -0.15) is 0 Å². The van der Waals surface area contributed by atoms with Gasteiger partial charge in [0, 0.05) is 17.7 Å².